The summed E-state index contributed by atoms with van der Waals surface area (Å²) in [5.74, 6) is -1.84. The van der Waals surface area contributed by atoms with Crippen LogP contribution in [-0.4, -0.2) is 38.9 Å². The number of fused-ring (bicyclic) bond motifs is 1. The molecule has 0 spiro atoms. The highest BCUT2D eigenvalue weighted by molar-refractivity contribution is 5.99. The Morgan fingerprint density at radius 3 is 2.56 bits per heavy atom. The number of carbonyl (C=O) groups excluding carboxylic acids is 1. The molecule has 25 heavy (non-hydrogen) atoms. The van der Waals surface area contributed by atoms with Crippen LogP contribution in [0.25, 0.3) is 0 Å². The van der Waals surface area contributed by atoms with Gasteiger partial charge in [0.15, 0.2) is 11.5 Å². The number of phenols is 2. The van der Waals surface area contributed by atoms with Crippen molar-refractivity contribution in [1.82, 2.24) is 4.90 Å². The lowest BCUT2D eigenvalue weighted by Gasteiger charge is -2.28. The van der Waals surface area contributed by atoms with Gasteiger partial charge in [0.25, 0.3) is 0 Å². The van der Waals surface area contributed by atoms with E-state index >= 15 is 0 Å². The second kappa shape index (κ2) is 7.50. The maximum atomic E-state index is 12.4. The van der Waals surface area contributed by atoms with E-state index in [0.717, 1.165) is 30.7 Å². The quantitative estimate of drug-likeness (QED) is 0.374. The van der Waals surface area contributed by atoms with Crippen LogP contribution in [0.4, 0.5) is 5.69 Å². The minimum absolute atomic E-state index is 0. The van der Waals surface area contributed by atoms with Crippen molar-refractivity contribution in [3.05, 3.63) is 63.2 Å². The van der Waals surface area contributed by atoms with Crippen LogP contribution in [0, 0.1) is 10.1 Å². The summed E-state index contributed by atoms with van der Waals surface area (Å²) in [5, 5.41) is 30.0. The van der Waals surface area contributed by atoms with Crippen LogP contribution in [0.2, 0.25) is 0 Å². The second-order valence-electron chi connectivity index (χ2n) is 5.77. The van der Waals surface area contributed by atoms with Crippen molar-refractivity contribution in [1.29, 1.82) is 0 Å². The molecule has 3 rings (SSSR count). The number of nitrogens with zero attached hydrogens (tertiary/aromatic N) is 2. The van der Waals surface area contributed by atoms with Crippen molar-refractivity contribution in [2.45, 2.75) is 13.0 Å². The van der Waals surface area contributed by atoms with Gasteiger partial charge < -0.3 is 10.2 Å². The summed E-state index contributed by atoms with van der Waals surface area (Å²) in [7, 11) is 0. The first kappa shape index (κ1) is 18.7. The highest BCUT2D eigenvalue weighted by atomic mass is 35.5. The first-order valence-electron chi connectivity index (χ1n) is 7.48. The van der Waals surface area contributed by atoms with Crippen LogP contribution < -0.4 is 0 Å². The largest absolute Gasteiger partial charge is 0.504 e. The van der Waals surface area contributed by atoms with E-state index in [-0.39, 0.29) is 30.3 Å². The number of phenolic OH excluding ortho intramolecular Hbond substituents is 2. The number of nitro benzene ring substituents is 1. The Hall–Kier alpha value is -2.64. The van der Waals surface area contributed by atoms with Crippen molar-refractivity contribution in [3.63, 3.8) is 0 Å². The summed E-state index contributed by atoms with van der Waals surface area (Å²) in [6.45, 7) is 1.44. The summed E-state index contributed by atoms with van der Waals surface area (Å²) in [5.41, 5.74) is 1.76. The molecule has 1 heterocycles. The smallest absolute Gasteiger partial charge is 0.315 e. The van der Waals surface area contributed by atoms with Crippen LogP contribution >= 0.6 is 12.4 Å². The van der Waals surface area contributed by atoms with E-state index in [1.54, 1.807) is 0 Å². The molecule has 2 aromatic carbocycles. The van der Waals surface area contributed by atoms with E-state index in [2.05, 4.69) is 6.07 Å². The number of hydrogen-bond acceptors (Lipinski definition) is 6. The van der Waals surface area contributed by atoms with E-state index in [1.807, 2.05) is 23.1 Å². The van der Waals surface area contributed by atoms with E-state index in [4.69, 9.17) is 0 Å². The molecule has 0 bridgehead atoms. The number of benzene rings is 2. The monoisotopic (exact) mass is 364 g/mol. The van der Waals surface area contributed by atoms with Gasteiger partial charge >= 0.3 is 5.69 Å². The number of Topliss-reactive ketones (excluding diaryl/α,β-unsaturated/α-hetero) is 1. The summed E-state index contributed by atoms with van der Waals surface area (Å²) in [4.78, 5) is 24.4. The molecular weight excluding hydrogens is 348 g/mol. The summed E-state index contributed by atoms with van der Waals surface area (Å²) in [6.07, 6.45) is 0.838. The first-order chi connectivity index (χ1) is 11.5. The van der Waals surface area contributed by atoms with Crippen molar-refractivity contribution in [2.75, 3.05) is 13.1 Å². The van der Waals surface area contributed by atoms with Gasteiger partial charge in [0, 0.05) is 24.7 Å². The van der Waals surface area contributed by atoms with Crippen LogP contribution in [-0.2, 0) is 13.0 Å². The molecule has 0 radical (unpaired) electrons. The molecule has 0 amide bonds. The third-order valence-corrected chi connectivity index (χ3v) is 4.17. The molecule has 0 aliphatic carbocycles. The normalized spacial score (nSPS) is 13.6. The molecule has 0 aromatic heterocycles. The van der Waals surface area contributed by atoms with Gasteiger partial charge in [0.1, 0.15) is 0 Å². The molecule has 2 aromatic rings. The zero-order valence-corrected chi connectivity index (χ0v) is 14.0. The highest BCUT2D eigenvalue weighted by Crippen LogP contribution is 2.36. The molecule has 1 aliphatic rings. The predicted octanol–water partition coefficient (Wildman–Crippen LogP) is 2.67. The van der Waals surface area contributed by atoms with Crippen molar-refractivity contribution in [2.24, 2.45) is 0 Å². The van der Waals surface area contributed by atoms with Gasteiger partial charge in [-0.1, -0.05) is 24.3 Å². The van der Waals surface area contributed by atoms with Crippen molar-refractivity contribution in [3.8, 4) is 11.5 Å². The number of ketones is 1. The van der Waals surface area contributed by atoms with Gasteiger partial charge in [0.2, 0.25) is 5.75 Å². The first-order valence-corrected chi connectivity index (χ1v) is 7.48. The van der Waals surface area contributed by atoms with Crippen LogP contribution in [0.5, 0.6) is 11.5 Å². The molecule has 8 heteroatoms. The van der Waals surface area contributed by atoms with Gasteiger partial charge in [0.05, 0.1) is 11.5 Å². The zero-order chi connectivity index (χ0) is 17.3. The summed E-state index contributed by atoms with van der Waals surface area (Å²) < 4.78 is 0. The fourth-order valence-corrected chi connectivity index (χ4v) is 2.89. The molecular formula is C17H17ClN2O5. The fourth-order valence-electron chi connectivity index (χ4n) is 2.89. The van der Waals surface area contributed by atoms with Crippen LogP contribution in [0.1, 0.15) is 21.5 Å². The SMILES string of the molecule is Cl.O=C(CN1CCc2ccccc2C1)c1cc(O)c(O)c([N+](=O)[O-])c1. The van der Waals surface area contributed by atoms with Crippen molar-refractivity contribution >= 4 is 23.9 Å². The lowest BCUT2D eigenvalue weighted by Crippen LogP contribution is -2.34. The molecule has 2 N–H and O–H groups in total. The number of rotatable bonds is 4. The molecule has 0 saturated carbocycles. The van der Waals surface area contributed by atoms with Gasteiger partial charge in [-0.2, -0.15) is 0 Å². The van der Waals surface area contributed by atoms with Crippen LogP contribution in [0.3, 0.4) is 0 Å². The Kier molecular flexibility index (Phi) is 5.61. The van der Waals surface area contributed by atoms with E-state index in [1.165, 1.54) is 5.56 Å². The van der Waals surface area contributed by atoms with E-state index in [0.29, 0.717) is 6.54 Å². The predicted molar refractivity (Wildman–Crippen MR) is 93.4 cm³/mol. The average molecular weight is 365 g/mol. The lowest BCUT2D eigenvalue weighted by molar-refractivity contribution is -0.386. The molecule has 0 fully saturated rings. The van der Waals surface area contributed by atoms with Gasteiger partial charge in [-0.05, 0) is 23.6 Å². The summed E-state index contributed by atoms with van der Waals surface area (Å²) in [6, 6.07) is 10.1. The average Bonchev–Trinajstić information content (AvgIpc) is 2.56. The second-order valence-corrected chi connectivity index (χ2v) is 5.77. The van der Waals surface area contributed by atoms with E-state index < -0.39 is 22.1 Å². The topological polar surface area (TPSA) is 104 Å². The Bertz CT molecular complexity index is 825. The molecule has 0 unspecified atom stereocenters. The summed E-state index contributed by atoms with van der Waals surface area (Å²) >= 11 is 0. The standard InChI is InChI=1S/C17H16N2O5.ClH/c20-15-8-13(7-14(17(15)22)19(23)24)16(21)10-18-6-5-11-3-1-2-4-12(11)9-18;/h1-4,7-8,20,22H,5-6,9-10H2;1H. The number of halogens is 1. The fraction of sp³-hybridized carbons (Fsp3) is 0.235. The maximum Gasteiger partial charge on any atom is 0.315 e. The van der Waals surface area contributed by atoms with Crippen LogP contribution in [0.15, 0.2) is 36.4 Å². The molecule has 132 valence electrons. The number of hydrogen-bond donors (Lipinski definition) is 2. The number of nitro groups is 1. The Morgan fingerprint density at radius 1 is 1.20 bits per heavy atom. The number of carbonyl (C=O) groups is 1. The zero-order valence-electron chi connectivity index (χ0n) is 13.2. The molecule has 0 atom stereocenters. The minimum atomic E-state index is -0.830. The van der Waals surface area contributed by atoms with E-state index in [9.17, 15) is 25.1 Å². The number of aromatic hydroxyl groups is 2. The Labute approximate surface area is 150 Å². The van der Waals surface area contributed by atoms with Gasteiger partial charge in [-0.15, -0.1) is 12.4 Å². The third kappa shape index (κ3) is 3.89. The van der Waals surface area contributed by atoms with Gasteiger partial charge in [-0.3, -0.25) is 19.8 Å². The lowest BCUT2D eigenvalue weighted by atomic mass is 9.99. The third-order valence-electron chi connectivity index (χ3n) is 4.17. The van der Waals surface area contributed by atoms with Gasteiger partial charge in [-0.25, -0.2) is 0 Å². The van der Waals surface area contributed by atoms with Crippen molar-refractivity contribution < 1.29 is 19.9 Å². The molecule has 7 nitrogen and oxygen atoms in total. The highest BCUT2D eigenvalue weighted by Gasteiger charge is 2.24. The maximum absolute atomic E-state index is 12.4. The minimum Gasteiger partial charge on any atom is -0.504 e. The molecule has 1 aliphatic heterocycles. The Morgan fingerprint density at radius 2 is 1.88 bits per heavy atom. The Balaban J connectivity index is 0.00000225. The molecule has 0 saturated heterocycles.